The van der Waals surface area contributed by atoms with Crippen LogP contribution in [0.25, 0.3) is 0 Å². The van der Waals surface area contributed by atoms with Crippen LogP contribution in [-0.2, 0) is 11.3 Å². The molecule has 1 N–H and O–H groups in total. The average molecular weight is 312 g/mol. The third kappa shape index (κ3) is 2.57. The van der Waals surface area contributed by atoms with E-state index < -0.39 is 0 Å². The van der Waals surface area contributed by atoms with E-state index >= 15 is 0 Å². The molecule has 0 radical (unpaired) electrons. The Bertz CT molecular complexity index is 529. The van der Waals surface area contributed by atoms with E-state index in [-0.39, 0.29) is 12.1 Å². The van der Waals surface area contributed by atoms with Gasteiger partial charge in [0, 0.05) is 13.2 Å². The topological polar surface area (TPSA) is 56.1 Å². The molecule has 5 nitrogen and oxygen atoms in total. The Labute approximate surface area is 114 Å². The van der Waals surface area contributed by atoms with Gasteiger partial charge in [0.15, 0.2) is 0 Å². The van der Waals surface area contributed by atoms with Crippen molar-refractivity contribution < 1.29 is 4.74 Å². The zero-order chi connectivity index (χ0) is 13.1. The van der Waals surface area contributed by atoms with Gasteiger partial charge in [0.1, 0.15) is 11.0 Å². The van der Waals surface area contributed by atoms with Crippen molar-refractivity contribution in [2.75, 3.05) is 12.4 Å². The van der Waals surface area contributed by atoms with Gasteiger partial charge < -0.3 is 10.1 Å². The number of nitrogens with one attached hydrogen (secondary N) is 1. The Hall–Kier alpha value is -1.32. The summed E-state index contributed by atoms with van der Waals surface area (Å²) in [5, 5.41) is 7.28. The molecule has 1 heterocycles. The minimum Gasteiger partial charge on any atom is -0.381 e. The molecule has 0 atom stereocenters. The van der Waals surface area contributed by atoms with E-state index in [1.54, 1.807) is 13.3 Å². The maximum absolute atomic E-state index is 11.9. The standard InChI is InChI=1S/C12H14BrN3O2/c1-3-4-16-12(17)11(13)10(7-14-16)15-8-5-9(6-8)18-2/h1,7-9,15H,4-6H2,2H3. The first kappa shape index (κ1) is 13.1. The van der Waals surface area contributed by atoms with Crippen LogP contribution < -0.4 is 10.9 Å². The number of methoxy groups -OCH3 is 1. The van der Waals surface area contributed by atoms with Crippen molar-refractivity contribution in [3.8, 4) is 12.3 Å². The maximum Gasteiger partial charge on any atom is 0.284 e. The molecule has 0 bridgehead atoms. The Morgan fingerprint density at radius 1 is 1.72 bits per heavy atom. The Morgan fingerprint density at radius 2 is 2.44 bits per heavy atom. The summed E-state index contributed by atoms with van der Waals surface area (Å²) in [5.41, 5.74) is 0.480. The number of anilines is 1. The van der Waals surface area contributed by atoms with Gasteiger partial charge in [0.2, 0.25) is 0 Å². The van der Waals surface area contributed by atoms with E-state index in [1.165, 1.54) is 4.68 Å². The summed E-state index contributed by atoms with van der Waals surface area (Å²) in [6.07, 6.45) is 8.98. The van der Waals surface area contributed by atoms with Crippen LogP contribution in [0.2, 0.25) is 0 Å². The van der Waals surface area contributed by atoms with E-state index in [0.717, 1.165) is 12.8 Å². The molecule has 6 heteroatoms. The highest BCUT2D eigenvalue weighted by Gasteiger charge is 2.29. The first-order valence-corrected chi connectivity index (χ1v) is 6.43. The second-order valence-electron chi connectivity index (χ2n) is 4.21. The summed E-state index contributed by atoms with van der Waals surface area (Å²) < 4.78 is 6.91. The summed E-state index contributed by atoms with van der Waals surface area (Å²) >= 11 is 3.28. The molecule has 1 aliphatic rings. The number of hydrogen-bond acceptors (Lipinski definition) is 4. The molecule has 0 amide bonds. The molecule has 1 aliphatic carbocycles. The van der Waals surface area contributed by atoms with Crippen molar-refractivity contribution in [2.45, 2.75) is 31.5 Å². The van der Waals surface area contributed by atoms with Crippen LogP contribution in [0.1, 0.15) is 12.8 Å². The lowest BCUT2D eigenvalue weighted by atomic mass is 9.89. The van der Waals surface area contributed by atoms with E-state index in [1.807, 2.05) is 0 Å². The van der Waals surface area contributed by atoms with Crippen LogP contribution in [0.4, 0.5) is 5.69 Å². The number of aromatic nitrogens is 2. The second-order valence-corrected chi connectivity index (χ2v) is 5.00. The van der Waals surface area contributed by atoms with Gasteiger partial charge in [-0.2, -0.15) is 5.10 Å². The van der Waals surface area contributed by atoms with E-state index in [9.17, 15) is 4.79 Å². The predicted octanol–water partition coefficient (Wildman–Crippen LogP) is 1.23. The zero-order valence-corrected chi connectivity index (χ0v) is 11.6. The molecule has 1 saturated carbocycles. The minimum atomic E-state index is -0.222. The van der Waals surface area contributed by atoms with Gasteiger partial charge in [-0.05, 0) is 28.8 Å². The number of halogens is 1. The van der Waals surface area contributed by atoms with Gasteiger partial charge >= 0.3 is 0 Å². The quantitative estimate of drug-likeness (QED) is 0.850. The highest BCUT2D eigenvalue weighted by molar-refractivity contribution is 9.10. The van der Waals surface area contributed by atoms with E-state index in [2.05, 4.69) is 32.3 Å². The first-order valence-electron chi connectivity index (χ1n) is 5.64. The highest BCUT2D eigenvalue weighted by Crippen LogP contribution is 2.27. The summed E-state index contributed by atoms with van der Waals surface area (Å²) in [4.78, 5) is 11.9. The van der Waals surface area contributed by atoms with Crippen molar-refractivity contribution in [1.82, 2.24) is 9.78 Å². The SMILES string of the molecule is C#CCn1ncc(NC2CC(OC)C2)c(Br)c1=O. The summed E-state index contributed by atoms with van der Waals surface area (Å²) in [6, 6.07) is 0.330. The number of rotatable bonds is 4. The monoisotopic (exact) mass is 311 g/mol. The van der Waals surface area contributed by atoms with Crippen molar-refractivity contribution in [1.29, 1.82) is 0 Å². The maximum atomic E-state index is 11.9. The molecular formula is C12H14BrN3O2. The molecule has 96 valence electrons. The van der Waals surface area contributed by atoms with Crippen LogP contribution >= 0.6 is 15.9 Å². The van der Waals surface area contributed by atoms with Crippen molar-refractivity contribution in [2.24, 2.45) is 0 Å². The second kappa shape index (κ2) is 5.55. The van der Waals surface area contributed by atoms with Crippen molar-refractivity contribution in [3.63, 3.8) is 0 Å². The molecular weight excluding hydrogens is 298 g/mol. The Morgan fingerprint density at radius 3 is 3.06 bits per heavy atom. The van der Waals surface area contributed by atoms with Crippen LogP contribution in [0.3, 0.4) is 0 Å². The summed E-state index contributed by atoms with van der Waals surface area (Å²) in [5.74, 6) is 2.39. The lowest BCUT2D eigenvalue weighted by molar-refractivity contribution is 0.0328. The molecule has 0 aromatic carbocycles. The molecule has 0 saturated heterocycles. The zero-order valence-electron chi connectivity index (χ0n) is 10.0. The van der Waals surface area contributed by atoms with Gasteiger partial charge in [-0.3, -0.25) is 4.79 Å². The highest BCUT2D eigenvalue weighted by atomic mass is 79.9. The van der Waals surface area contributed by atoms with Crippen molar-refractivity contribution in [3.05, 3.63) is 21.0 Å². The van der Waals surface area contributed by atoms with Gasteiger partial charge in [-0.15, -0.1) is 6.42 Å². The molecule has 1 aromatic heterocycles. The van der Waals surface area contributed by atoms with Gasteiger partial charge in [0.25, 0.3) is 5.56 Å². The van der Waals surface area contributed by atoms with E-state index in [4.69, 9.17) is 11.2 Å². The predicted molar refractivity (Wildman–Crippen MR) is 72.5 cm³/mol. The molecule has 1 aromatic rings. The van der Waals surface area contributed by atoms with Crippen LogP contribution in [0, 0.1) is 12.3 Å². The lowest BCUT2D eigenvalue weighted by Crippen LogP contribution is -2.40. The molecule has 2 rings (SSSR count). The van der Waals surface area contributed by atoms with Crippen LogP contribution in [0.15, 0.2) is 15.5 Å². The smallest absolute Gasteiger partial charge is 0.284 e. The van der Waals surface area contributed by atoms with Crippen LogP contribution in [-0.4, -0.2) is 29.0 Å². The van der Waals surface area contributed by atoms with Crippen LogP contribution in [0.5, 0.6) is 0 Å². The fourth-order valence-corrected chi connectivity index (χ4v) is 2.28. The third-order valence-corrected chi connectivity index (χ3v) is 3.78. The molecule has 18 heavy (non-hydrogen) atoms. The number of nitrogens with zero attached hydrogens (tertiary/aromatic N) is 2. The Kier molecular flexibility index (Phi) is 4.04. The average Bonchev–Trinajstić information content (AvgIpc) is 2.32. The number of hydrogen-bond donors (Lipinski definition) is 1. The molecule has 0 aliphatic heterocycles. The van der Waals surface area contributed by atoms with Gasteiger partial charge in [-0.1, -0.05) is 5.92 Å². The third-order valence-electron chi connectivity index (χ3n) is 3.01. The summed E-state index contributed by atoms with van der Waals surface area (Å²) in [6.45, 7) is 0.174. The minimum absolute atomic E-state index is 0.174. The van der Waals surface area contributed by atoms with E-state index in [0.29, 0.717) is 22.3 Å². The molecule has 0 spiro atoms. The summed E-state index contributed by atoms with van der Waals surface area (Å²) in [7, 11) is 1.71. The normalized spacial score (nSPS) is 22.1. The molecule has 1 fully saturated rings. The number of ether oxygens (including phenoxy) is 1. The fourth-order valence-electron chi connectivity index (χ4n) is 1.86. The van der Waals surface area contributed by atoms with Crippen molar-refractivity contribution >= 4 is 21.6 Å². The van der Waals surface area contributed by atoms with Gasteiger partial charge in [-0.25, -0.2) is 4.68 Å². The van der Waals surface area contributed by atoms with Gasteiger partial charge in [0.05, 0.1) is 18.0 Å². The Balaban J connectivity index is 2.09. The fraction of sp³-hybridized carbons (Fsp3) is 0.500. The number of terminal acetylenes is 1. The largest absolute Gasteiger partial charge is 0.381 e. The molecule has 0 unspecified atom stereocenters. The first-order chi connectivity index (χ1) is 8.65. The lowest BCUT2D eigenvalue weighted by Gasteiger charge is -2.35.